The van der Waals surface area contributed by atoms with Crippen molar-refractivity contribution in [3.8, 4) is 0 Å². The maximum absolute atomic E-state index is 4.19. The fourth-order valence-corrected chi connectivity index (χ4v) is 3.10. The van der Waals surface area contributed by atoms with Crippen LogP contribution in [0.4, 0.5) is 0 Å². The van der Waals surface area contributed by atoms with E-state index in [9.17, 15) is 0 Å². The minimum Gasteiger partial charge on any atom is -0.313 e. The number of rotatable bonds is 3. The van der Waals surface area contributed by atoms with Crippen LogP contribution in [0.5, 0.6) is 0 Å². The van der Waals surface area contributed by atoms with Crippen LogP contribution >= 0.6 is 0 Å². The third-order valence-corrected chi connectivity index (χ3v) is 4.24. The Balaban J connectivity index is 2.14. The highest BCUT2D eigenvalue weighted by Crippen LogP contribution is 2.37. The molecule has 0 radical (unpaired) electrons. The van der Waals surface area contributed by atoms with E-state index in [1.54, 1.807) is 0 Å². The summed E-state index contributed by atoms with van der Waals surface area (Å²) in [6.07, 6.45) is 9.37. The van der Waals surface area contributed by atoms with Gasteiger partial charge < -0.3 is 5.32 Å². The molecule has 1 aromatic rings. The molecule has 0 aliphatic heterocycles. The molecule has 2 rings (SSSR count). The first-order valence-electron chi connectivity index (χ1n) is 6.80. The lowest BCUT2D eigenvalue weighted by Crippen LogP contribution is -2.29. The van der Waals surface area contributed by atoms with E-state index in [1.807, 2.05) is 12.4 Å². The van der Waals surface area contributed by atoms with Gasteiger partial charge in [0.1, 0.15) is 0 Å². The highest BCUT2D eigenvalue weighted by molar-refractivity contribution is 5.26. The molecule has 17 heavy (non-hydrogen) atoms. The van der Waals surface area contributed by atoms with Gasteiger partial charge in [0.15, 0.2) is 0 Å². The number of hydrogen-bond acceptors (Lipinski definition) is 2. The summed E-state index contributed by atoms with van der Waals surface area (Å²) in [6.45, 7) is 4.54. The Bertz CT molecular complexity index is 354. The molecular formula is C15H24N2. The first-order valence-corrected chi connectivity index (χ1v) is 6.80. The fraction of sp³-hybridized carbons (Fsp3) is 0.667. The molecule has 1 saturated carbocycles. The van der Waals surface area contributed by atoms with E-state index in [0.29, 0.717) is 6.04 Å². The SMILES string of the molecule is CNC(c1ccncc1C)C1CCC(C)CC1. The lowest BCUT2D eigenvalue weighted by Gasteiger charge is -2.33. The quantitative estimate of drug-likeness (QED) is 0.863. The van der Waals surface area contributed by atoms with Gasteiger partial charge in [0.25, 0.3) is 0 Å². The smallest absolute Gasteiger partial charge is 0.0349 e. The van der Waals surface area contributed by atoms with Crippen LogP contribution in [-0.4, -0.2) is 12.0 Å². The Morgan fingerprint density at radius 3 is 2.59 bits per heavy atom. The Hall–Kier alpha value is -0.890. The zero-order chi connectivity index (χ0) is 12.3. The molecule has 94 valence electrons. The lowest BCUT2D eigenvalue weighted by atomic mass is 9.77. The second kappa shape index (κ2) is 5.63. The van der Waals surface area contributed by atoms with Gasteiger partial charge >= 0.3 is 0 Å². The first kappa shape index (κ1) is 12.6. The van der Waals surface area contributed by atoms with Gasteiger partial charge in [0.05, 0.1) is 0 Å². The molecule has 1 fully saturated rings. The van der Waals surface area contributed by atoms with E-state index in [0.717, 1.165) is 11.8 Å². The number of nitrogens with zero attached hydrogens (tertiary/aromatic N) is 1. The van der Waals surface area contributed by atoms with Crippen LogP contribution < -0.4 is 5.32 Å². The van der Waals surface area contributed by atoms with Crippen LogP contribution in [0.25, 0.3) is 0 Å². The van der Waals surface area contributed by atoms with E-state index in [-0.39, 0.29) is 0 Å². The zero-order valence-corrected chi connectivity index (χ0v) is 11.2. The summed E-state index contributed by atoms with van der Waals surface area (Å²) in [5.41, 5.74) is 2.74. The maximum Gasteiger partial charge on any atom is 0.0349 e. The molecule has 1 aliphatic rings. The summed E-state index contributed by atoms with van der Waals surface area (Å²) in [7, 11) is 2.09. The van der Waals surface area contributed by atoms with Crippen molar-refractivity contribution in [3.05, 3.63) is 29.6 Å². The maximum atomic E-state index is 4.19. The molecule has 0 amide bonds. The van der Waals surface area contributed by atoms with Crippen molar-refractivity contribution < 1.29 is 0 Å². The standard InChI is InChI=1S/C15H24N2/c1-11-4-6-13(7-5-11)15(16-3)14-8-9-17-10-12(14)2/h8-11,13,15-16H,4-7H2,1-3H3. The summed E-state index contributed by atoms with van der Waals surface area (Å²) >= 11 is 0. The van der Waals surface area contributed by atoms with Gasteiger partial charge in [-0.3, -0.25) is 4.98 Å². The molecule has 1 unspecified atom stereocenters. The zero-order valence-electron chi connectivity index (χ0n) is 11.2. The number of aromatic nitrogens is 1. The predicted molar refractivity (Wildman–Crippen MR) is 71.9 cm³/mol. The molecular weight excluding hydrogens is 208 g/mol. The monoisotopic (exact) mass is 232 g/mol. The Morgan fingerprint density at radius 2 is 2.00 bits per heavy atom. The Morgan fingerprint density at radius 1 is 1.29 bits per heavy atom. The molecule has 1 atom stereocenters. The van der Waals surface area contributed by atoms with Gasteiger partial charge in [-0.1, -0.05) is 19.8 Å². The van der Waals surface area contributed by atoms with Crippen LogP contribution in [0.1, 0.15) is 49.8 Å². The van der Waals surface area contributed by atoms with Crippen LogP contribution in [0.15, 0.2) is 18.5 Å². The number of nitrogens with one attached hydrogen (secondary N) is 1. The topological polar surface area (TPSA) is 24.9 Å². The van der Waals surface area contributed by atoms with E-state index in [1.165, 1.54) is 36.8 Å². The second-order valence-electron chi connectivity index (χ2n) is 5.52. The summed E-state index contributed by atoms with van der Waals surface area (Å²) < 4.78 is 0. The van der Waals surface area contributed by atoms with Gasteiger partial charge in [-0.2, -0.15) is 0 Å². The highest BCUT2D eigenvalue weighted by Gasteiger charge is 2.26. The van der Waals surface area contributed by atoms with Gasteiger partial charge in [-0.25, -0.2) is 0 Å². The third kappa shape index (κ3) is 2.86. The minimum absolute atomic E-state index is 0.505. The van der Waals surface area contributed by atoms with Crippen LogP contribution in [0.3, 0.4) is 0 Å². The molecule has 0 aromatic carbocycles. The molecule has 1 aromatic heterocycles. The summed E-state index contributed by atoms with van der Waals surface area (Å²) in [6, 6.07) is 2.68. The molecule has 0 bridgehead atoms. The normalized spacial score (nSPS) is 26.8. The van der Waals surface area contributed by atoms with Crippen molar-refractivity contribution in [1.29, 1.82) is 0 Å². The van der Waals surface area contributed by atoms with E-state index in [2.05, 4.69) is 37.3 Å². The van der Waals surface area contributed by atoms with Crippen LogP contribution in [0.2, 0.25) is 0 Å². The Labute approximate surface area is 105 Å². The van der Waals surface area contributed by atoms with E-state index < -0.39 is 0 Å². The first-order chi connectivity index (χ1) is 8.22. The van der Waals surface area contributed by atoms with Gasteiger partial charge in [0.2, 0.25) is 0 Å². The number of pyridine rings is 1. The van der Waals surface area contributed by atoms with Crippen molar-refractivity contribution in [2.24, 2.45) is 11.8 Å². The summed E-state index contributed by atoms with van der Waals surface area (Å²) in [5.74, 6) is 1.71. The molecule has 2 nitrogen and oxygen atoms in total. The molecule has 0 saturated heterocycles. The van der Waals surface area contributed by atoms with Gasteiger partial charge in [-0.05, 0) is 55.8 Å². The molecule has 1 aliphatic carbocycles. The van der Waals surface area contributed by atoms with Crippen molar-refractivity contribution in [2.45, 2.75) is 45.6 Å². The fourth-order valence-electron chi connectivity index (χ4n) is 3.10. The summed E-state index contributed by atoms with van der Waals surface area (Å²) in [5, 5.41) is 3.52. The summed E-state index contributed by atoms with van der Waals surface area (Å²) in [4.78, 5) is 4.19. The third-order valence-electron chi connectivity index (χ3n) is 4.24. The predicted octanol–water partition coefficient (Wildman–Crippen LogP) is 3.48. The van der Waals surface area contributed by atoms with Crippen molar-refractivity contribution in [1.82, 2.24) is 10.3 Å². The van der Waals surface area contributed by atoms with Crippen molar-refractivity contribution in [3.63, 3.8) is 0 Å². The molecule has 0 spiro atoms. The van der Waals surface area contributed by atoms with Gasteiger partial charge in [0, 0.05) is 18.4 Å². The average molecular weight is 232 g/mol. The molecule has 1 heterocycles. The number of aryl methyl sites for hydroxylation is 1. The molecule has 2 heteroatoms. The minimum atomic E-state index is 0.505. The van der Waals surface area contributed by atoms with E-state index >= 15 is 0 Å². The Kier molecular flexibility index (Phi) is 4.16. The van der Waals surface area contributed by atoms with Gasteiger partial charge in [-0.15, -0.1) is 0 Å². The van der Waals surface area contributed by atoms with Crippen molar-refractivity contribution >= 4 is 0 Å². The molecule has 1 N–H and O–H groups in total. The second-order valence-corrected chi connectivity index (χ2v) is 5.52. The van der Waals surface area contributed by atoms with Crippen LogP contribution in [-0.2, 0) is 0 Å². The number of hydrogen-bond donors (Lipinski definition) is 1. The highest BCUT2D eigenvalue weighted by atomic mass is 14.9. The van der Waals surface area contributed by atoms with Crippen molar-refractivity contribution in [2.75, 3.05) is 7.05 Å². The largest absolute Gasteiger partial charge is 0.313 e. The van der Waals surface area contributed by atoms with Crippen LogP contribution in [0, 0.1) is 18.8 Å². The average Bonchev–Trinajstić information content (AvgIpc) is 2.35. The lowest BCUT2D eigenvalue weighted by molar-refractivity contribution is 0.237. The van der Waals surface area contributed by atoms with E-state index in [4.69, 9.17) is 0 Å².